The molecule has 1 heterocycles. The van der Waals surface area contributed by atoms with Crippen LogP contribution in [0.15, 0.2) is 36.4 Å². The molecule has 0 aliphatic carbocycles. The van der Waals surface area contributed by atoms with E-state index in [0.29, 0.717) is 36.1 Å². The molecule has 3 rings (SSSR count). The van der Waals surface area contributed by atoms with Crippen molar-refractivity contribution in [2.24, 2.45) is 0 Å². The summed E-state index contributed by atoms with van der Waals surface area (Å²) in [5.41, 5.74) is 1.07. The Morgan fingerprint density at radius 1 is 0.757 bits per heavy atom. The minimum atomic E-state index is -1.82. The summed E-state index contributed by atoms with van der Waals surface area (Å²) in [7, 11) is 6.42. The highest BCUT2D eigenvalue weighted by Gasteiger charge is 2.22. The number of aliphatic carboxylic acids is 2. The highest BCUT2D eigenvalue weighted by atomic mass is 16.5. The maximum Gasteiger partial charge on any atom is 0.414 e. The Balaban J connectivity index is 0.000000717. The molecule has 1 amide bonds. The third-order valence-electron chi connectivity index (χ3n) is 5.46. The molecule has 2 N–H and O–H groups in total. The van der Waals surface area contributed by atoms with Crippen LogP contribution >= 0.6 is 0 Å². The molecule has 12 heteroatoms. The minimum absolute atomic E-state index is 0.0109. The Hall–Kier alpha value is -4.19. The lowest BCUT2D eigenvalue weighted by Gasteiger charge is -2.34. The van der Waals surface area contributed by atoms with Gasteiger partial charge in [-0.1, -0.05) is 0 Å². The van der Waals surface area contributed by atoms with Crippen molar-refractivity contribution in [3.8, 4) is 28.7 Å². The second-order valence-electron chi connectivity index (χ2n) is 7.77. The lowest BCUT2D eigenvalue weighted by atomic mass is 10.1. The average molecular weight is 521 g/mol. The van der Waals surface area contributed by atoms with Gasteiger partial charge in [-0.05, 0) is 42.0 Å². The number of hydrogen-bond acceptors (Lipinski definition) is 9. The molecule has 0 spiro atoms. The SMILES string of the molecule is COc1ccc(OCC(=O)N2CCN(Cc3cc(OC)c(OC)c(OC)c3)CC2)cc1.O=C(O)C(=O)O. The molecule has 1 aliphatic rings. The fraction of sp³-hybridized carbons (Fsp3) is 0.400. The average Bonchev–Trinajstić information content (AvgIpc) is 2.92. The third-order valence-corrected chi connectivity index (χ3v) is 5.46. The molecule has 1 saturated heterocycles. The van der Waals surface area contributed by atoms with Gasteiger partial charge < -0.3 is 38.8 Å². The second-order valence-corrected chi connectivity index (χ2v) is 7.77. The molecule has 1 aliphatic heterocycles. The topological polar surface area (TPSA) is 144 Å². The highest BCUT2D eigenvalue weighted by molar-refractivity contribution is 6.27. The monoisotopic (exact) mass is 520 g/mol. The number of amides is 1. The normalized spacial score (nSPS) is 13.0. The summed E-state index contributed by atoms with van der Waals surface area (Å²) in [6, 6.07) is 11.1. The van der Waals surface area contributed by atoms with Gasteiger partial charge in [-0.15, -0.1) is 0 Å². The van der Waals surface area contributed by atoms with E-state index >= 15 is 0 Å². The number of piperazine rings is 1. The van der Waals surface area contributed by atoms with Crippen molar-refractivity contribution < 1.29 is 48.3 Å². The Kier molecular flexibility index (Phi) is 11.3. The molecule has 0 saturated carbocycles. The van der Waals surface area contributed by atoms with E-state index in [2.05, 4.69) is 4.90 Å². The molecule has 37 heavy (non-hydrogen) atoms. The van der Waals surface area contributed by atoms with Gasteiger partial charge in [-0.25, -0.2) is 9.59 Å². The number of benzene rings is 2. The second kappa shape index (κ2) is 14.4. The van der Waals surface area contributed by atoms with Gasteiger partial charge in [0.05, 0.1) is 28.4 Å². The summed E-state index contributed by atoms with van der Waals surface area (Å²) < 4.78 is 27.0. The highest BCUT2D eigenvalue weighted by Crippen LogP contribution is 2.38. The van der Waals surface area contributed by atoms with Crippen LogP contribution in [0.1, 0.15) is 5.56 Å². The molecule has 0 radical (unpaired) electrons. The number of hydrogen-bond donors (Lipinski definition) is 2. The first kappa shape index (κ1) is 29.0. The van der Waals surface area contributed by atoms with Crippen molar-refractivity contribution in [3.63, 3.8) is 0 Å². The number of carboxylic acid groups (broad SMARTS) is 2. The standard InChI is InChI=1S/C23H30N2O6.C2H2O4/c1-27-18-5-7-19(8-6-18)31-16-22(26)25-11-9-24(10-12-25)15-17-13-20(28-2)23(30-4)21(14-17)29-3;3-1(4)2(5)6/h5-8,13-14H,9-12,15-16H2,1-4H3;(H,3,4)(H,5,6). The fourth-order valence-electron chi connectivity index (χ4n) is 3.55. The van der Waals surface area contributed by atoms with Gasteiger partial charge >= 0.3 is 11.9 Å². The van der Waals surface area contributed by atoms with E-state index in [1.165, 1.54) is 0 Å². The molecule has 12 nitrogen and oxygen atoms in total. The number of rotatable bonds is 9. The van der Waals surface area contributed by atoms with Crippen molar-refractivity contribution in [1.82, 2.24) is 9.80 Å². The van der Waals surface area contributed by atoms with Crippen LogP contribution in [-0.4, -0.2) is 99.1 Å². The Morgan fingerprint density at radius 3 is 1.70 bits per heavy atom. The van der Waals surface area contributed by atoms with Crippen molar-refractivity contribution in [3.05, 3.63) is 42.0 Å². The summed E-state index contributed by atoms with van der Waals surface area (Å²) in [4.78, 5) is 34.8. The van der Waals surface area contributed by atoms with Gasteiger partial charge in [0.15, 0.2) is 18.1 Å². The quantitative estimate of drug-likeness (QED) is 0.465. The van der Waals surface area contributed by atoms with E-state index < -0.39 is 11.9 Å². The lowest BCUT2D eigenvalue weighted by molar-refractivity contribution is -0.159. The number of ether oxygens (including phenoxy) is 5. The van der Waals surface area contributed by atoms with Gasteiger partial charge in [0.25, 0.3) is 5.91 Å². The molecular weight excluding hydrogens is 488 g/mol. The van der Waals surface area contributed by atoms with Gasteiger partial charge in [0.2, 0.25) is 5.75 Å². The number of carbonyl (C=O) groups excluding carboxylic acids is 1. The summed E-state index contributed by atoms with van der Waals surface area (Å²) in [5.74, 6) is -0.394. The van der Waals surface area contributed by atoms with Crippen LogP contribution in [0.2, 0.25) is 0 Å². The summed E-state index contributed by atoms with van der Waals surface area (Å²) in [5, 5.41) is 14.8. The van der Waals surface area contributed by atoms with Gasteiger partial charge in [0, 0.05) is 32.7 Å². The van der Waals surface area contributed by atoms with Crippen LogP contribution in [0.3, 0.4) is 0 Å². The van der Waals surface area contributed by atoms with Crippen LogP contribution in [0.5, 0.6) is 28.7 Å². The Bertz CT molecular complexity index is 1010. The van der Waals surface area contributed by atoms with Crippen LogP contribution in [0.4, 0.5) is 0 Å². The van der Waals surface area contributed by atoms with Crippen molar-refractivity contribution in [2.75, 3.05) is 61.2 Å². The van der Waals surface area contributed by atoms with Crippen molar-refractivity contribution in [1.29, 1.82) is 0 Å². The third kappa shape index (κ3) is 8.76. The van der Waals surface area contributed by atoms with Gasteiger partial charge in [-0.3, -0.25) is 9.69 Å². The first-order valence-electron chi connectivity index (χ1n) is 11.2. The van der Waals surface area contributed by atoms with Crippen molar-refractivity contribution in [2.45, 2.75) is 6.54 Å². The van der Waals surface area contributed by atoms with E-state index in [0.717, 1.165) is 30.9 Å². The Labute approximate surface area is 214 Å². The summed E-state index contributed by atoms with van der Waals surface area (Å²) in [6.07, 6.45) is 0. The van der Waals surface area contributed by atoms with Crippen LogP contribution in [0, 0.1) is 0 Å². The molecular formula is C25H32N2O10. The number of methoxy groups -OCH3 is 4. The zero-order chi connectivity index (χ0) is 27.4. The number of nitrogens with zero attached hydrogens (tertiary/aromatic N) is 2. The smallest absolute Gasteiger partial charge is 0.414 e. The fourth-order valence-corrected chi connectivity index (χ4v) is 3.55. The predicted octanol–water partition coefficient (Wildman–Crippen LogP) is 1.60. The van der Waals surface area contributed by atoms with Crippen LogP contribution in [0.25, 0.3) is 0 Å². The van der Waals surface area contributed by atoms with E-state index in [9.17, 15) is 4.79 Å². The predicted molar refractivity (Wildman–Crippen MR) is 132 cm³/mol. The molecule has 202 valence electrons. The first-order chi connectivity index (χ1) is 17.7. The van der Waals surface area contributed by atoms with E-state index in [1.807, 2.05) is 29.2 Å². The minimum Gasteiger partial charge on any atom is -0.497 e. The van der Waals surface area contributed by atoms with E-state index in [4.69, 9.17) is 43.5 Å². The van der Waals surface area contributed by atoms with Crippen LogP contribution < -0.4 is 23.7 Å². The molecule has 0 bridgehead atoms. The molecule has 0 atom stereocenters. The number of carboxylic acids is 2. The largest absolute Gasteiger partial charge is 0.497 e. The zero-order valence-corrected chi connectivity index (χ0v) is 21.3. The van der Waals surface area contributed by atoms with E-state index in [1.54, 1.807) is 40.6 Å². The summed E-state index contributed by atoms with van der Waals surface area (Å²) >= 11 is 0. The number of carbonyl (C=O) groups is 3. The van der Waals surface area contributed by atoms with Crippen LogP contribution in [-0.2, 0) is 20.9 Å². The summed E-state index contributed by atoms with van der Waals surface area (Å²) in [6.45, 7) is 3.65. The van der Waals surface area contributed by atoms with Crippen molar-refractivity contribution >= 4 is 17.8 Å². The van der Waals surface area contributed by atoms with Gasteiger partial charge in [0.1, 0.15) is 11.5 Å². The zero-order valence-electron chi connectivity index (χ0n) is 21.3. The molecule has 2 aromatic rings. The first-order valence-corrected chi connectivity index (χ1v) is 11.2. The molecule has 0 unspecified atom stereocenters. The maximum atomic E-state index is 12.5. The molecule has 0 aromatic heterocycles. The maximum absolute atomic E-state index is 12.5. The molecule has 1 fully saturated rings. The van der Waals surface area contributed by atoms with E-state index in [-0.39, 0.29) is 12.5 Å². The molecule has 2 aromatic carbocycles. The Morgan fingerprint density at radius 2 is 1.27 bits per heavy atom. The lowest BCUT2D eigenvalue weighted by Crippen LogP contribution is -2.49. The van der Waals surface area contributed by atoms with Gasteiger partial charge in [-0.2, -0.15) is 0 Å².